The maximum atomic E-state index is 10.9. The average Bonchev–Trinajstić information content (AvgIpc) is 3.36. The fourth-order valence-corrected chi connectivity index (χ4v) is 10.3. The predicted octanol–water partition coefficient (Wildman–Crippen LogP) is 16.8. The van der Waals surface area contributed by atoms with Gasteiger partial charge in [-0.15, -0.1) is 0 Å². The van der Waals surface area contributed by atoms with Gasteiger partial charge in [-0.25, -0.2) is 0 Å². The number of hydrogen-bond acceptors (Lipinski definition) is 9. The first-order valence-corrected chi connectivity index (χ1v) is 35.4. The Morgan fingerprint density at radius 1 is 0.268 bits per heavy atom. The second-order valence-electron chi connectivity index (χ2n) is 20.7. The third-order valence-electron chi connectivity index (χ3n) is 14.2. The first kappa shape index (κ1) is 77.8. The van der Waals surface area contributed by atoms with E-state index >= 15 is 0 Å². The fraction of sp³-hybridized carbons (Fsp3) is 0.951. The van der Waals surface area contributed by atoms with Crippen LogP contribution >= 0.6 is 37.9 Å². The maximum absolute atomic E-state index is 10.9. The van der Waals surface area contributed by atoms with Crippen LogP contribution in [0.15, 0.2) is 0 Å². The molecule has 0 saturated carbocycles. The van der Waals surface area contributed by atoms with E-state index in [2.05, 4.69) is 63.6 Å². The Labute approximate surface area is 473 Å². The van der Waals surface area contributed by atoms with Crippen LogP contribution in [0, 0.1) is 17.8 Å². The van der Waals surface area contributed by atoms with Crippen LogP contribution in [0.1, 0.15) is 329 Å². The molecule has 0 aliphatic rings. The molecular weight excluding hydrogens is 1040 g/mol. The van der Waals surface area contributed by atoms with E-state index in [-0.39, 0.29) is 17.8 Å². The Hall–Kier alpha value is 0.259. The fourth-order valence-electron chi connectivity index (χ4n) is 9.36. The molecule has 0 rings (SSSR count). The molecule has 0 aliphatic heterocycles. The minimum absolute atomic E-state index is 0.287. The predicted molar refractivity (Wildman–Crippen MR) is 317 cm³/mol. The number of carboxylic acids is 3. The molecule has 0 bridgehead atoms. The van der Waals surface area contributed by atoms with Crippen LogP contribution < -0.4 is 15.3 Å². The van der Waals surface area contributed by atoms with Crippen LogP contribution in [0.5, 0.6) is 0 Å². The summed E-state index contributed by atoms with van der Waals surface area (Å²) in [7, 11) is 0. The topological polar surface area (TPSA) is 120 Å². The van der Waals surface area contributed by atoms with Crippen molar-refractivity contribution in [1.82, 2.24) is 0 Å². The number of carbonyl (C=O) groups excluding carboxylic acids is 3. The monoisotopic (exact) mass is 1160 g/mol. The third-order valence-corrected chi connectivity index (χ3v) is 14.9. The Morgan fingerprint density at radius 3 is 0.507 bits per heavy atom. The van der Waals surface area contributed by atoms with Crippen molar-refractivity contribution in [2.45, 2.75) is 334 Å². The summed E-state index contributed by atoms with van der Waals surface area (Å²) in [4.78, 5) is 34.8. The Bertz CT molecular complexity index is 899. The average molecular weight is 1160 g/mol. The molecule has 0 N–H and O–H groups in total. The summed E-state index contributed by atoms with van der Waals surface area (Å²) >= 11 is 13.9. The van der Waals surface area contributed by atoms with Crippen LogP contribution in [0.25, 0.3) is 0 Å². The first-order valence-electron chi connectivity index (χ1n) is 30.6. The standard InChI is InChI=1S/3C20H40O2S.CH3.Sn/c3*1-2-3-4-5-6-7-8-9-10-11-12-13-14-15-16-19(17-18-23)20(21)22;;/h3*19,23H,2-18H2,1H3,(H,21,22);1H3;/q;;;;+3/p-3. The summed E-state index contributed by atoms with van der Waals surface area (Å²) in [5.41, 5.74) is 0. The van der Waals surface area contributed by atoms with E-state index in [0.717, 1.165) is 57.8 Å². The van der Waals surface area contributed by atoms with Gasteiger partial charge in [-0.3, -0.25) is 0 Å². The van der Waals surface area contributed by atoms with Gasteiger partial charge in [-0.1, -0.05) is 290 Å². The van der Waals surface area contributed by atoms with Gasteiger partial charge >= 0.3 is 27.5 Å². The molecule has 422 valence electrons. The van der Waals surface area contributed by atoms with E-state index in [1.165, 1.54) is 231 Å². The van der Waals surface area contributed by atoms with Crippen molar-refractivity contribution in [2.24, 2.45) is 17.8 Å². The van der Waals surface area contributed by atoms with Gasteiger partial charge in [0.05, 0.1) is 0 Å². The van der Waals surface area contributed by atoms with Crippen molar-refractivity contribution in [3.05, 3.63) is 0 Å². The van der Waals surface area contributed by atoms with E-state index in [1.807, 2.05) is 0 Å². The zero-order valence-corrected chi connectivity index (χ0v) is 53.1. The molecule has 0 spiro atoms. The van der Waals surface area contributed by atoms with E-state index in [9.17, 15) is 29.7 Å². The molecule has 0 aromatic heterocycles. The van der Waals surface area contributed by atoms with Crippen molar-refractivity contribution in [3.8, 4) is 0 Å². The number of rotatable bonds is 54. The number of carboxylic acid groups (broad SMARTS) is 3. The molecule has 0 fully saturated rings. The van der Waals surface area contributed by atoms with Gasteiger partial charge in [0.15, 0.2) is 0 Å². The molecule has 71 heavy (non-hydrogen) atoms. The van der Waals surface area contributed by atoms with E-state index in [0.29, 0.717) is 36.5 Å². The van der Waals surface area contributed by atoms with Crippen molar-refractivity contribution in [3.63, 3.8) is 0 Å². The molecule has 0 aromatic carbocycles. The quantitative estimate of drug-likeness (QED) is 0.0317. The molecule has 0 saturated heterocycles. The third kappa shape index (κ3) is 68.2. The van der Waals surface area contributed by atoms with Crippen LogP contribution in [-0.4, -0.2) is 57.7 Å². The zero-order valence-electron chi connectivity index (χ0n) is 47.6. The molecule has 3 unspecified atom stereocenters. The Balaban J connectivity index is -0.000000465. The van der Waals surface area contributed by atoms with Crippen LogP contribution in [0.4, 0.5) is 0 Å². The summed E-state index contributed by atoms with van der Waals surface area (Å²) in [5.74, 6) is -1.64. The SMILES string of the molecule is CCCCCCCCCCCCCCCCC(CCS)C(=O)[O-].CCCCCCCCCCCCCCCCC(CCS)C(=O)[O-].CCCCCCCCCCCCCCCCC(CCS)C(=O)[O-].[CH3][Sn+3]. The number of hydrogen-bond donors (Lipinski definition) is 3. The van der Waals surface area contributed by atoms with Crippen LogP contribution in [0.2, 0.25) is 4.94 Å². The van der Waals surface area contributed by atoms with Crippen molar-refractivity contribution in [1.29, 1.82) is 0 Å². The second kappa shape index (κ2) is 70.3. The molecule has 0 heterocycles. The summed E-state index contributed by atoms with van der Waals surface area (Å²) in [6.07, 6.45) is 60.2. The number of thiol groups is 3. The molecule has 3 atom stereocenters. The van der Waals surface area contributed by atoms with Gasteiger partial charge < -0.3 is 29.7 Å². The number of aliphatic carboxylic acids is 3. The summed E-state index contributed by atoms with van der Waals surface area (Å²) in [5, 5.41) is 32.7. The van der Waals surface area contributed by atoms with Crippen LogP contribution in [0.3, 0.4) is 0 Å². The molecule has 0 amide bonds. The minimum atomic E-state index is -0.895. The number of unbranched alkanes of at least 4 members (excludes halogenated alkanes) is 39. The van der Waals surface area contributed by atoms with Crippen molar-refractivity contribution in [2.75, 3.05) is 17.3 Å². The molecule has 10 heteroatoms. The molecule has 0 radical (unpaired) electrons. The zero-order chi connectivity index (χ0) is 53.5. The van der Waals surface area contributed by atoms with E-state index in [1.54, 1.807) is 22.5 Å². The Kier molecular flexibility index (Phi) is 76.9. The van der Waals surface area contributed by atoms with Crippen LogP contribution in [-0.2, 0) is 14.4 Å². The van der Waals surface area contributed by atoms with Gasteiger partial charge in [0.1, 0.15) is 0 Å². The summed E-state index contributed by atoms with van der Waals surface area (Å²) in [6.45, 7) is 6.80. The molecule has 6 nitrogen and oxygen atoms in total. The van der Waals surface area contributed by atoms with Gasteiger partial charge in [0.25, 0.3) is 0 Å². The summed E-state index contributed by atoms with van der Waals surface area (Å²) < 4.78 is 0. The molecular formula is C61H120O6S3Sn. The van der Waals surface area contributed by atoms with Gasteiger partial charge in [-0.05, 0) is 73.5 Å². The van der Waals surface area contributed by atoms with E-state index in [4.69, 9.17) is 0 Å². The molecule has 0 aliphatic carbocycles. The van der Waals surface area contributed by atoms with Gasteiger partial charge in [-0.2, -0.15) is 37.9 Å². The summed E-state index contributed by atoms with van der Waals surface area (Å²) in [6, 6.07) is 0. The Morgan fingerprint density at radius 2 is 0.394 bits per heavy atom. The molecule has 0 aromatic rings. The first-order chi connectivity index (χ1) is 34.7. The van der Waals surface area contributed by atoms with Gasteiger partial charge in [0, 0.05) is 17.9 Å². The second-order valence-corrected chi connectivity index (χ2v) is 22.1. The number of carbonyl (C=O) groups is 3. The van der Waals surface area contributed by atoms with Crippen molar-refractivity contribution >= 4 is 78.3 Å². The van der Waals surface area contributed by atoms with Crippen molar-refractivity contribution < 1.29 is 29.7 Å². The normalized spacial score (nSPS) is 12.2. The van der Waals surface area contributed by atoms with Gasteiger partial charge in [0.2, 0.25) is 0 Å². The van der Waals surface area contributed by atoms with E-state index < -0.39 is 17.9 Å².